The lowest BCUT2D eigenvalue weighted by Crippen LogP contribution is -2.30. The zero-order chi connectivity index (χ0) is 51.4. The Hall–Kier alpha value is -2.89. The Kier molecular flexibility index (Phi) is 57.2. The van der Waals surface area contributed by atoms with Crippen LogP contribution in [0.4, 0.5) is 0 Å². The van der Waals surface area contributed by atoms with Gasteiger partial charge >= 0.3 is 17.9 Å². The summed E-state index contributed by atoms with van der Waals surface area (Å²) < 4.78 is 16.9. The second-order valence-corrected chi connectivity index (χ2v) is 20.6. The fraction of sp³-hybridized carbons (Fsp3) is 0.800. The second-order valence-electron chi connectivity index (χ2n) is 20.6. The van der Waals surface area contributed by atoms with Crippen LogP contribution < -0.4 is 0 Å². The molecule has 0 radical (unpaired) electrons. The van der Waals surface area contributed by atoms with E-state index in [-0.39, 0.29) is 31.1 Å². The molecular formula is C65H116O6. The number of carbonyl (C=O) groups excluding carboxylic acids is 3. The third-order valence-corrected chi connectivity index (χ3v) is 13.5. The third-order valence-electron chi connectivity index (χ3n) is 13.5. The van der Waals surface area contributed by atoms with E-state index >= 15 is 0 Å². The Balaban J connectivity index is 4.38. The maximum absolute atomic E-state index is 12.9. The quantitative estimate of drug-likeness (QED) is 0.0199. The van der Waals surface area contributed by atoms with Crippen molar-refractivity contribution in [1.29, 1.82) is 0 Å². The molecule has 0 aromatic carbocycles. The van der Waals surface area contributed by atoms with Crippen LogP contribution in [-0.4, -0.2) is 37.2 Å². The van der Waals surface area contributed by atoms with Crippen LogP contribution in [0.5, 0.6) is 0 Å². The van der Waals surface area contributed by atoms with Crippen LogP contribution in [0.1, 0.15) is 316 Å². The van der Waals surface area contributed by atoms with Crippen molar-refractivity contribution in [2.24, 2.45) is 0 Å². The van der Waals surface area contributed by atoms with Gasteiger partial charge in [-0.1, -0.05) is 255 Å². The molecule has 0 saturated carbocycles. The topological polar surface area (TPSA) is 78.9 Å². The van der Waals surface area contributed by atoms with E-state index in [1.54, 1.807) is 0 Å². The Labute approximate surface area is 440 Å². The molecule has 0 spiro atoms. The van der Waals surface area contributed by atoms with Gasteiger partial charge in [0.15, 0.2) is 6.10 Å². The molecule has 412 valence electrons. The van der Waals surface area contributed by atoms with Gasteiger partial charge in [0, 0.05) is 19.3 Å². The maximum Gasteiger partial charge on any atom is 0.306 e. The SMILES string of the molecule is CCCCC/C=C\C=C/CCCCCCCCCCCCC(=O)OCC(COC(=O)CCCCCCCCC/C=C\CCCCCCCC)OC(=O)CCCCCCCCC/C=C\C/C=C\CCCCC. The van der Waals surface area contributed by atoms with Crippen LogP contribution in [0.25, 0.3) is 0 Å². The smallest absolute Gasteiger partial charge is 0.306 e. The fourth-order valence-corrected chi connectivity index (χ4v) is 8.81. The molecule has 0 saturated heterocycles. The number of ether oxygens (including phenoxy) is 3. The Morgan fingerprint density at radius 2 is 0.549 bits per heavy atom. The van der Waals surface area contributed by atoms with Gasteiger partial charge in [-0.3, -0.25) is 14.4 Å². The number of unbranched alkanes of at least 4 members (excludes halogenated alkanes) is 36. The van der Waals surface area contributed by atoms with Gasteiger partial charge in [-0.05, 0) is 103 Å². The summed E-state index contributed by atoms with van der Waals surface area (Å²) in [7, 11) is 0. The molecule has 0 aliphatic carbocycles. The first-order valence-corrected chi connectivity index (χ1v) is 30.8. The van der Waals surface area contributed by atoms with E-state index < -0.39 is 6.10 Å². The first-order chi connectivity index (χ1) is 35.0. The molecule has 6 nitrogen and oxygen atoms in total. The summed E-state index contributed by atoms with van der Waals surface area (Å²) in [6.07, 6.45) is 74.9. The molecule has 0 aliphatic heterocycles. The number of carbonyl (C=O) groups is 3. The third kappa shape index (κ3) is 57.9. The molecule has 0 aromatic heterocycles. The molecule has 0 aliphatic rings. The van der Waals surface area contributed by atoms with E-state index in [4.69, 9.17) is 14.2 Å². The van der Waals surface area contributed by atoms with Crippen molar-refractivity contribution in [2.45, 2.75) is 322 Å². The van der Waals surface area contributed by atoms with Crippen LogP contribution in [0.3, 0.4) is 0 Å². The van der Waals surface area contributed by atoms with E-state index in [0.29, 0.717) is 19.3 Å². The average Bonchev–Trinajstić information content (AvgIpc) is 3.37. The largest absolute Gasteiger partial charge is 0.462 e. The molecule has 0 heterocycles. The van der Waals surface area contributed by atoms with Crippen molar-refractivity contribution in [3.8, 4) is 0 Å². The molecule has 6 heteroatoms. The van der Waals surface area contributed by atoms with Gasteiger partial charge in [0.1, 0.15) is 13.2 Å². The first-order valence-electron chi connectivity index (χ1n) is 30.8. The molecule has 0 rings (SSSR count). The van der Waals surface area contributed by atoms with Crippen LogP contribution in [-0.2, 0) is 28.6 Å². The van der Waals surface area contributed by atoms with Crippen molar-refractivity contribution in [3.05, 3.63) is 60.8 Å². The summed E-state index contributed by atoms with van der Waals surface area (Å²) >= 11 is 0. The van der Waals surface area contributed by atoms with E-state index in [1.807, 2.05) is 0 Å². The number of hydrogen-bond acceptors (Lipinski definition) is 6. The van der Waals surface area contributed by atoms with Gasteiger partial charge < -0.3 is 14.2 Å². The fourth-order valence-electron chi connectivity index (χ4n) is 8.81. The summed E-state index contributed by atoms with van der Waals surface area (Å²) in [6.45, 7) is 6.61. The first kappa shape index (κ1) is 68.1. The van der Waals surface area contributed by atoms with Gasteiger partial charge in [-0.15, -0.1) is 0 Å². The number of hydrogen-bond donors (Lipinski definition) is 0. The van der Waals surface area contributed by atoms with Crippen LogP contribution in [0.2, 0.25) is 0 Å². The zero-order valence-corrected chi connectivity index (χ0v) is 47.2. The minimum Gasteiger partial charge on any atom is -0.462 e. The van der Waals surface area contributed by atoms with Crippen LogP contribution >= 0.6 is 0 Å². The Morgan fingerprint density at radius 1 is 0.296 bits per heavy atom. The van der Waals surface area contributed by atoms with Crippen LogP contribution in [0, 0.1) is 0 Å². The lowest BCUT2D eigenvalue weighted by molar-refractivity contribution is -0.167. The zero-order valence-electron chi connectivity index (χ0n) is 47.2. The van der Waals surface area contributed by atoms with Crippen molar-refractivity contribution >= 4 is 17.9 Å². The molecular weight excluding hydrogens is 877 g/mol. The Morgan fingerprint density at radius 3 is 0.901 bits per heavy atom. The van der Waals surface area contributed by atoms with E-state index in [2.05, 4.69) is 81.5 Å². The number of esters is 3. The molecule has 0 aromatic rings. The highest BCUT2D eigenvalue weighted by Gasteiger charge is 2.19. The van der Waals surface area contributed by atoms with Gasteiger partial charge in [0.25, 0.3) is 0 Å². The summed E-state index contributed by atoms with van der Waals surface area (Å²) in [5, 5.41) is 0. The van der Waals surface area contributed by atoms with Gasteiger partial charge in [0.2, 0.25) is 0 Å². The summed E-state index contributed by atoms with van der Waals surface area (Å²) in [5.41, 5.74) is 0. The summed E-state index contributed by atoms with van der Waals surface area (Å²) in [5.74, 6) is -0.880. The van der Waals surface area contributed by atoms with Crippen molar-refractivity contribution in [1.82, 2.24) is 0 Å². The highest BCUT2D eigenvalue weighted by Crippen LogP contribution is 2.16. The monoisotopic (exact) mass is 993 g/mol. The van der Waals surface area contributed by atoms with Gasteiger partial charge in [-0.2, -0.15) is 0 Å². The Bertz CT molecular complexity index is 1280. The normalized spacial score (nSPS) is 12.4. The molecule has 0 N–H and O–H groups in total. The predicted molar refractivity (Wildman–Crippen MR) is 307 cm³/mol. The molecule has 1 atom stereocenters. The molecule has 0 fully saturated rings. The van der Waals surface area contributed by atoms with Crippen molar-refractivity contribution in [3.63, 3.8) is 0 Å². The lowest BCUT2D eigenvalue weighted by atomic mass is 10.1. The molecule has 0 bridgehead atoms. The minimum absolute atomic E-state index is 0.0792. The number of rotatable bonds is 56. The van der Waals surface area contributed by atoms with E-state index in [1.165, 1.54) is 205 Å². The average molecular weight is 994 g/mol. The van der Waals surface area contributed by atoms with Crippen LogP contribution in [0.15, 0.2) is 60.8 Å². The second kappa shape index (κ2) is 59.7. The molecule has 71 heavy (non-hydrogen) atoms. The minimum atomic E-state index is -0.782. The number of allylic oxidation sites excluding steroid dienone is 10. The lowest BCUT2D eigenvalue weighted by Gasteiger charge is -2.18. The van der Waals surface area contributed by atoms with Crippen molar-refractivity contribution < 1.29 is 28.6 Å². The van der Waals surface area contributed by atoms with Gasteiger partial charge in [0.05, 0.1) is 0 Å². The highest BCUT2D eigenvalue weighted by atomic mass is 16.6. The van der Waals surface area contributed by atoms with Crippen molar-refractivity contribution in [2.75, 3.05) is 13.2 Å². The van der Waals surface area contributed by atoms with E-state index in [9.17, 15) is 14.4 Å². The standard InChI is InChI=1S/C65H116O6/c1-4-7-10-13-16-19-22-25-28-31-32-35-37-40-43-46-49-52-55-58-64(67)70-61-62(71-65(68)59-56-53-50-47-44-41-38-34-30-27-24-21-18-15-12-9-6-3)60-69-63(66)57-54-51-48-45-42-39-36-33-29-26-23-20-17-14-11-8-5-2/h16,18-19,21-22,25-27,29-30,62H,4-15,17,20,23-24,28,31-61H2,1-3H3/b19-16-,21-18-,25-22-,29-26-,30-27-. The summed E-state index contributed by atoms with van der Waals surface area (Å²) in [6, 6.07) is 0. The summed E-state index contributed by atoms with van der Waals surface area (Å²) in [4.78, 5) is 38.3. The van der Waals surface area contributed by atoms with Gasteiger partial charge in [-0.25, -0.2) is 0 Å². The predicted octanol–water partition coefficient (Wildman–Crippen LogP) is 20.8. The van der Waals surface area contributed by atoms with E-state index in [0.717, 1.165) is 70.6 Å². The molecule has 1 unspecified atom stereocenters. The molecule has 0 amide bonds. The maximum atomic E-state index is 12.9. The highest BCUT2D eigenvalue weighted by molar-refractivity contribution is 5.71.